The van der Waals surface area contributed by atoms with Gasteiger partial charge in [0.15, 0.2) is 18.5 Å². The van der Waals surface area contributed by atoms with E-state index < -0.39 is 4.75 Å². The zero-order valence-corrected chi connectivity index (χ0v) is 9.96. The van der Waals surface area contributed by atoms with Gasteiger partial charge >= 0.3 is 0 Å². The van der Waals surface area contributed by atoms with Gasteiger partial charge in [0, 0.05) is 0 Å². The average molecular weight is 246 g/mol. The fourth-order valence-electron chi connectivity index (χ4n) is 1.79. The van der Waals surface area contributed by atoms with Gasteiger partial charge in [-0.05, 0) is 6.92 Å². The van der Waals surface area contributed by atoms with E-state index in [0.29, 0.717) is 18.5 Å². The summed E-state index contributed by atoms with van der Waals surface area (Å²) in [5, 5.41) is 19.2. The van der Waals surface area contributed by atoms with Gasteiger partial charge in [0.2, 0.25) is 0 Å². The van der Waals surface area contributed by atoms with E-state index in [1.807, 2.05) is 6.92 Å². The van der Waals surface area contributed by atoms with Crippen molar-refractivity contribution in [2.45, 2.75) is 11.7 Å². The first kappa shape index (κ1) is 11.8. The average Bonchev–Trinajstić information content (AvgIpc) is 2.62. The normalized spacial score (nSPS) is 27.9. The maximum atomic E-state index is 12.1. The summed E-state index contributed by atoms with van der Waals surface area (Å²) in [5.74, 6) is -0.230. The summed E-state index contributed by atoms with van der Waals surface area (Å²) >= 11 is 1.18. The van der Waals surface area contributed by atoms with E-state index >= 15 is 0 Å². The zero-order valence-electron chi connectivity index (χ0n) is 9.14. The third-order valence-corrected chi connectivity index (χ3v) is 4.34. The molecule has 1 amide bonds. The second-order valence-corrected chi connectivity index (χ2v) is 5.36. The van der Waals surface area contributed by atoms with Crippen LogP contribution in [0.25, 0.3) is 0 Å². The Labute approximate surface area is 97.9 Å². The van der Waals surface area contributed by atoms with Crippen LogP contribution in [0.15, 0.2) is 4.99 Å². The summed E-state index contributed by atoms with van der Waals surface area (Å²) in [4.78, 5) is 19.2. The number of amidine groups is 1. The largest absolute Gasteiger partial charge is 0.394 e. The molecule has 1 atom stereocenters. The number of amides is 1. The van der Waals surface area contributed by atoms with Gasteiger partial charge in [0.25, 0.3) is 5.91 Å². The fourth-order valence-corrected chi connectivity index (χ4v) is 2.85. The van der Waals surface area contributed by atoms with Gasteiger partial charge in [0.05, 0.1) is 19.8 Å². The summed E-state index contributed by atoms with van der Waals surface area (Å²) in [6.45, 7) is 3.44. The lowest BCUT2D eigenvalue weighted by molar-refractivity contribution is -0.906. The van der Waals surface area contributed by atoms with Crippen molar-refractivity contribution in [1.29, 1.82) is 0 Å². The van der Waals surface area contributed by atoms with Gasteiger partial charge in [-0.1, -0.05) is 11.8 Å². The van der Waals surface area contributed by atoms with Crippen LogP contribution in [-0.2, 0) is 4.79 Å². The highest BCUT2D eigenvalue weighted by atomic mass is 32.2. The van der Waals surface area contributed by atoms with E-state index in [9.17, 15) is 15.0 Å². The lowest BCUT2D eigenvalue weighted by atomic mass is 10.1. The zero-order chi connectivity index (χ0) is 11.8. The number of fused-ring (bicyclic) bond motifs is 1. The molecule has 0 radical (unpaired) electrons. The molecule has 2 rings (SSSR count). The molecule has 1 unspecified atom stereocenters. The molecule has 2 aliphatic rings. The number of nitrogens with zero attached hydrogens (tertiary/aromatic N) is 2. The Bertz CT molecular complexity index is 330. The molecule has 0 spiro atoms. The van der Waals surface area contributed by atoms with E-state index in [1.165, 1.54) is 16.7 Å². The van der Waals surface area contributed by atoms with Crippen LogP contribution < -0.4 is 4.90 Å². The topological polar surface area (TPSA) is 77.6 Å². The van der Waals surface area contributed by atoms with Crippen LogP contribution in [0.2, 0.25) is 0 Å². The van der Waals surface area contributed by atoms with Crippen molar-refractivity contribution in [1.82, 2.24) is 4.90 Å². The third-order valence-electron chi connectivity index (χ3n) is 2.98. The predicted octanol–water partition coefficient (Wildman–Crippen LogP) is -2.53. The molecule has 0 aromatic heterocycles. The van der Waals surface area contributed by atoms with Crippen LogP contribution >= 0.6 is 11.8 Å². The molecule has 3 N–H and O–H groups in total. The van der Waals surface area contributed by atoms with Gasteiger partial charge < -0.3 is 10.2 Å². The highest BCUT2D eigenvalue weighted by Gasteiger charge is 2.52. The Hall–Kier alpha value is -0.630. The summed E-state index contributed by atoms with van der Waals surface area (Å²) in [7, 11) is 0. The van der Waals surface area contributed by atoms with Crippen LogP contribution in [0.3, 0.4) is 0 Å². The van der Waals surface area contributed by atoms with Crippen LogP contribution in [0.1, 0.15) is 6.92 Å². The number of carbonyl (C=O) groups excluding carboxylic acids is 1. The number of rotatable bonds is 3. The fraction of sp³-hybridized carbons (Fsp3) is 0.778. The first-order valence-corrected chi connectivity index (χ1v) is 6.09. The van der Waals surface area contributed by atoms with Crippen molar-refractivity contribution in [3.8, 4) is 0 Å². The van der Waals surface area contributed by atoms with Crippen molar-refractivity contribution in [2.24, 2.45) is 4.99 Å². The van der Waals surface area contributed by atoms with Crippen LogP contribution in [0.4, 0.5) is 0 Å². The van der Waals surface area contributed by atoms with E-state index in [4.69, 9.17) is 0 Å². The molecular formula is C9H16N3O3S+. The summed E-state index contributed by atoms with van der Waals surface area (Å²) in [6.07, 6.45) is 0. The quantitative estimate of drug-likeness (QED) is 0.513. The summed E-state index contributed by atoms with van der Waals surface area (Å²) in [6, 6.07) is 0. The summed E-state index contributed by atoms with van der Waals surface area (Å²) < 4.78 is -1.12. The number of hydrogen-bond acceptors (Lipinski definition) is 5. The second kappa shape index (κ2) is 4.33. The first-order valence-electron chi connectivity index (χ1n) is 5.27. The minimum Gasteiger partial charge on any atom is -0.394 e. The third kappa shape index (κ3) is 1.64. The van der Waals surface area contributed by atoms with E-state index in [-0.39, 0.29) is 19.1 Å². The lowest BCUT2D eigenvalue weighted by Crippen LogP contribution is -3.14. The summed E-state index contributed by atoms with van der Waals surface area (Å²) in [5.41, 5.74) is 0. The van der Waals surface area contributed by atoms with Crippen molar-refractivity contribution >= 4 is 22.8 Å². The van der Waals surface area contributed by atoms with Crippen LogP contribution in [-0.4, -0.2) is 64.0 Å². The van der Waals surface area contributed by atoms with Gasteiger partial charge in [0.1, 0.15) is 4.75 Å². The first-order chi connectivity index (χ1) is 7.66. The van der Waals surface area contributed by atoms with Gasteiger partial charge in [-0.2, -0.15) is 0 Å². The molecule has 1 fully saturated rings. The maximum absolute atomic E-state index is 12.1. The molecule has 0 saturated carbocycles. The highest BCUT2D eigenvalue weighted by Crippen LogP contribution is 2.36. The van der Waals surface area contributed by atoms with Crippen LogP contribution in [0, 0.1) is 0 Å². The number of hydrogen-bond donors (Lipinski definition) is 3. The number of aliphatic imine (C=N–C) groups is 1. The van der Waals surface area contributed by atoms with Crippen molar-refractivity contribution in [3.63, 3.8) is 0 Å². The number of thioether (sulfide) groups is 1. The molecule has 2 heterocycles. The van der Waals surface area contributed by atoms with Crippen molar-refractivity contribution in [3.05, 3.63) is 0 Å². The van der Waals surface area contributed by atoms with Gasteiger partial charge in [-0.15, -0.1) is 0 Å². The lowest BCUT2D eigenvalue weighted by Gasteiger charge is -2.27. The number of nitrogens with one attached hydrogen (secondary N) is 1. The molecule has 2 aliphatic heterocycles. The van der Waals surface area contributed by atoms with E-state index in [2.05, 4.69) is 4.99 Å². The highest BCUT2D eigenvalue weighted by molar-refractivity contribution is 8.16. The molecular weight excluding hydrogens is 230 g/mol. The molecule has 6 nitrogen and oxygen atoms in total. The van der Waals surface area contributed by atoms with E-state index in [0.717, 1.165) is 6.54 Å². The molecule has 1 saturated heterocycles. The number of quaternary nitrogens is 1. The van der Waals surface area contributed by atoms with Crippen molar-refractivity contribution < 1.29 is 19.9 Å². The Morgan fingerprint density at radius 2 is 2.25 bits per heavy atom. The molecule has 0 aromatic rings. The predicted molar refractivity (Wildman–Crippen MR) is 60.0 cm³/mol. The molecule has 0 aromatic carbocycles. The number of carbonyl (C=O) groups is 1. The van der Waals surface area contributed by atoms with Crippen LogP contribution in [0.5, 0.6) is 0 Å². The Morgan fingerprint density at radius 1 is 1.56 bits per heavy atom. The molecule has 90 valence electrons. The molecule has 0 bridgehead atoms. The maximum Gasteiger partial charge on any atom is 0.254 e. The smallest absolute Gasteiger partial charge is 0.254 e. The monoisotopic (exact) mass is 246 g/mol. The van der Waals surface area contributed by atoms with Gasteiger partial charge in [-0.25, -0.2) is 9.89 Å². The van der Waals surface area contributed by atoms with Crippen molar-refractivity contribution in [2.75, 3.05) is 33.1 Å². The molecule has 16 heavy (non-hydrogen) atoms. The van der Waals surface area contributed by atoms with Gasteiger partial charge in [-0.3, -0.25) is 9.69 Å². The molecule has 0 aliphatic carbocycles. The number of aliphatic hydroxyl groups is 2. The number of aliphatic hydroxyl groups excluding tert-OH is 2. The standard InChI is InChI=1S/C9H15N3O3S/c1-2-11-5-10-8-12(6-11)7(15)9(3-13,4-14)16-8/h13-14H,2-6H2,1H3/p+1. The Balaban J connectivity index is 2.24. The minimum absolute atomic E-state index is 0.230. The Morgan fingerprint density at radius 3 is 2.81 bits per heavy atom. The minimum atomic E-state index is -1.12. The SMILES string of the molecule is CC[NH+]1CN=C2SC(CO)(CO)C(=O)N2C1. The van der Waals surface area contributed by atoms with E-state index in [1.54, 1.807) is 4.90 Å². The Kier molecular flexibility index (Phi) is 3.20. The molecule has 7 heteroatoms. The second-order valence-electron chi connectivity index (χ2n) is 4.01.